The van der Waals surface area contributed by atoms with E-state index in [1.165, 1.54) is 44.9 Å². The molecule has 2 aliphatic carbocycles. The highest BCUT2D eigenvalue weighted by atomic mass is 79.9. The van der Waals surface area contributed by atoms with E-state index in [2.05, 4.69) is 35.1 Å². The molecule has 2 saturated carbocycles. The molecule has 3 unspecified atom stereocenters. The van der Waals surface area contributed by atoms with Crippen LogP contribution in [0.25, 0.3) is 0 Å². The molecule has 3 atom stereocenters. The van der Waals surface area contributed by atoms with Crippen molar-refractivity contribution in [2.24, 2.45) is 23.2 Å². The van der Waals surface area contributed by atoms with Crippen LogP contribution in [0.5, 0.6) is 0 Å². The van der Waals surface area contributed by atoms with Gasteiger partial charge < -0.3 is 5.32 Å². The predicted octanol–water partition coefficient (Wildman–Crippen LogP) is 4.52. The van der Waals surface area contributed by atoms with Crippen molar-refractivity contribution in [1.82, 2.24) is 5.32 Å². The number of hydrogen-bond donors (Lipinski definition) is 1. The molecule has 3 heteroatoms. The summed E-state index contributed by atoms with van der Waals surface area (Å²) >= 11 is 3.64. The minimum Gasteiger partial charge on any atom is -0.356 e. The summed E-state index contributed by atoms with van der Waals surface area (Å²) in [7, 11) is 0. The highest BCUT2D eigenvalue weighted by molar-refractivity contribution is 9.09. The summed E-state index contributed by atoms with van der Waals surface area (Å²) in [5, 5.41) is 4.37. The second kappa shape index (κ2) is 7.29. The topological polar surface area (TPSA) is 29.1 Å². The van der Waals surface area contributed by atoms with Crippen LogP contribution < -0.4 is 5.32 Å². The summed E-state index contributed by atoms with van der Waals surface area (Å²) in [6.45, 7) is 5.41. The van der Waals surface area contributed by atoms with Gasteiger partial charge in [0.15, 0.2) is 0 Å². The Bertz CT molecular complexity index is 329. The van der Waals surface area contributed by atoms with Crippen LogP contribution in [0.15, 0.2) is 0 Å². The number of carbonyl (C=O) groups excluding carboxylic acids is 1. The molecule has 0 aromatic carbocycles. The molecule has 0 aliphatic heterocycles. The van der Waals surface area contributed by atoms with Crippen LogP contribution in [0, 0.1) is 23.2 Å². The molecule has 0 saturated heterocycles. The van der Waals surface area contributed by atoms with E-state index in [4.69, 9.17) is 0 Å². The molecule has 0 heterocycles. The van der Waals surface area contributed by atoms with Gasteiger partial charge in [0.25, 0.3) is 0 Å². The van der Waals surface area contributed by atoms with E-state index in [0.29, 0.717) is 11.8 Å². The summed E-state index contributed by atoms with van der Waals surface area (Å²) in [6.07, 6.45) is 10.1. The van der Waals surface area contributed by atoms with Crippen molar-refractivity contribution >= 4 is 21.8 Å². The standard InChI is InChI=1S/C17H30BrNO/c1-17(2)10-6-5-9-15(17)16(20)19-12-14-8-4-3-7-13(14)11-18/h13-15H,3-12H2,1-2H3,(H,19,20). The summed E-state index contributed by atoms with van der Waals surface area (Å²) < 4.78 is 0. The van der Waals surface area contributed by atoms with E-state index >= 15 is 0 Å². The van der Waals surface area contributed by atoms with E-state index < -0.39 is 0 Å². The first-order chi connectivity index (χ1) is 9.54. The molecule has 0 radical (unpaired) electrons. The second-order valence-electron chi connectivity index (χ2n) is 7.49. The SMILES string of the molecule is CC1(C)CCCCC1C(=O)NCC1CCCCC1CBr. The minimum absolute atomic E-state index is 0.184. The van der Waals surface area contributed by atoms with Crippen LogP contribution in [0.3, 0.4) is 0 Å². The molecular formula is C17H30BrNO. The Labute approximate surface area is 132 Å². The van der Waals surface area contributed by atoms with Gasteiger partial charge in [-0.1, -0.05) is 55.5 Å². The number of hydrogen-bond acceptors (Lipinski definition) is 1. The Morgan fingerprint density at radius 1 is 1.10 bits per heavy atom. The maximum Gasteiger partial charge on any atom is 0.223 e. The molecule has 2 fully saturated rings. The van der Waals surface area contributed by atoms with Gasteiger partial charge in [-0.05, 0) is 42.9 Å². The number of amides is 1. The fourth-order valence-electron chi connectivity index (χ4n) is 4.09. The average molecular weight is 344 g/mol. The fourth-order valence-corrected chi connectivity index (χ4v) is 4.94. The normalized spacial score (nSPS) is 33.6. The number of halogens is 1. The van der Waals surface area contributed by atoms with E-state index in [1.54, 1.807) is 0 Å². The van der Waals surface area contributed by atoms with Crippen LogP contribution in [0.1, 0.15) is 65.2 Å². The van der Waals surface area contributed by atoms with Crippen molar-refractivity contribution in [3.05, 3.63) is 0 Å². The van der Waals surface area contributed by atoms with Crippen LogP contribution in [-0.4, -0.2) is 17.8 Å². The number of nitrogens with one attached hydrogen (secondary N) is 1. The van der Waals surface area contributed by atoms with Crippen LogP contribution in [0.2, 0.25) is 0 Å². The van der Waals surface area contributed by atoms with Gasteiger partial charge in [-0.3, -0.25) is 4.79 Å². The van der Waals surface area contributed by atoms with Gasteiger partial charge in [-0.15, -0.1) is 0 Å². The fraction of sp³-hybridized carbons (Fsp3) is 0.941. The van der Waals surface area contributed by atoms with Crippen molar-refractivity contribution < 1.29 is 4.79 Å². The first kappa shape index (κ1) is 16.3. The Morgan fingerprint density at radius 3 is 2.40 bits per heavy atom. The monoisotopic (exact) mass is 343 g/mol. The molecule has 0 bridgehead atoms. The molecule has 1 N–H and O–H groups in total. The van der Waals surface area contributed by atoms with Gasteiger partial charge in [0, 0.05) is 17.8 Å². The van der Waals surface area contributed by atoms with Crippen molar-refractivity contribution in [3.63, 3.8) is 0 Å². The smallest absolute Gasteiger partial charge is 0.223 e. The van der Waals surface area contributed by atoms with Crippen molar-refractivity contribution in [3.8, 4) is 0 Å². The Kier molecular flexibility index (Phi) is 5.95. The Hall–Kier alpha value is -0.0500. The summed E-state index contributed by atoms with van der Waals surface area (Å²) in [5.41, 5.74) is 0.184. The molecule has 20 heavy (non-hydrogen) atoms. The van der Waals surface area contributed by atoms with Crippen molar-refractivity contribution in [2.75, 3.05) is 11.9 Å². The number of alkyl halides is 1. The van der Waals surface area contributed by atoms with Gasteiger partial charge in [0.2, 0.25) is 5.91 Å². The maximum absolute atomic E-state index is 12.5. The molecular weight excluding hydrogens is 314 g/mol. The third kappa shape index (κ3) is 3.99. The van der Waals surface area contributed by atoms with Crippen LogP contribution in [0.4, 0.5) is 0 Å². The summed E-state index contributed by atoms with van der Waals surface area (Å²) in [5.74, 6) is 1.97. The van der Waals surface area contributed by atoms with E-state index in [0.717, 1.165) is 24.2 Å². The average Bonchev–Trinajstić information content (AvgIpc) is 2.44. The molecule has 1 amide bonds. The quantitative estimate of drug-likeness (QED) is 0.747. The molecule has 116 valence electrons. The highest BCUT2D eigenvalue weighted by Gasteiger charge is 2.37. The Balaban J connectivity index is 1.84. The molecule has 2 rings (SSSR count). The molecule has 0 aromatic rings. The Morgan fingerprint density at radius 2 is 1.75 bits per heavy atom. The minimum atomic E-state index is 0.184. The lowest BCUT2D eigenvalue weighted by Crippen LogP contribution is -2.43. The number of carbonyl (C=O) groups is 1. The zero-order valence-electron chi connectivity index (χ0n) is 13.1. The van der Waals surface area contributed by atoms with Crippen LogP contribution in [-0.2, 0) is 4.79 Å². The van der Waals surface area contributed by atoms with Crippen molar-refractivity contribution in [1.29, 1.82) is 0 Å². The first-order valence-electron chi connectivity index (χ1n) is 8.38. The van der Waals surface area contributed by atoms with E-state index in [9.17, 15) is 4.79 Å². The van der Waals surface area contributed by atoms with E-state index in [-0.39, 0.29) is 11.3 Å². The van der Waals surface area contributed by atoms with Crippen LogP contribution >= 0.6 is 15.9 Å². The van der Waals surface area contributed by atoms with Gasteiger partial charge in [0.05, 0.1) is 0 Å². The predicted molar refractivity (Wildman–Crippen MR) is 88.0 cm³/mol. The highest BCUT2D eigenvalue weighted by Crippen LogP contribution is 2.40. The van der Waals surface area contributed by atoms with Gasteiger partial charge in [0.1, 0.15) is 0 Å². The third-order valence-electron chi connectivity index (χ3n) is 5.63. The molecule has 0 spiro atoms. The maximum atomic E-state index is 12.5. The van der Waals surface area contributed by atoms with Crippen molar-refractivity contribution in [2.45, 2.75) is 65.2 Å². The lowest BCUT2D eigenvalue weighted by Gasteiger charge is -2.38. The molecule has 2 aliphatic rings. The zero-order valence-corrected chi connectivity index (χ0v) is 14.7. The summed E-state index contributed by atoms with van der Waals surface area (Å²) in [6, 6.07) is 0. The first-order valence-corrected chi connectivity index (χ1v) is 9.50. The zero-order chi connectivity index (χ0) is 14.6. The molecule has 0 aromatic heterocycles. The van der Waals surface area contributed by atoms with Gasteiger partial charge >= 0.3 is 0 Å². The van der Waals surface area contributed by atoms with Gasteiger partial charge in [-0.2, -0.15) is 0 Å². The largest absolute Gasteiger partial charge is 0.356 e. The van der Waals surface area contributed by atoms with Gasteiger partial charge in [-0.25, -0.2) is 0 Å². The lowest BCUT2D eigenvalue weighted by atomic mass is 9.68. The molecule has 2 nitrogen and oxygen atoms in total. The third-order valence-corrected chi connectivity index (χ3v) is 6.46. The summed E-state index contributed by atoms with van der Waals surface area (Å²) in [4.78, 5) is 12.5. The lowest BCUT2D eigenvalue weighted by molar-refractivity contribution is -0.130. The van der Waals surface area contributed by atoms with E-state index in [1.807, 2.05) is 0 Å². The number of rotatable bonds is 4. The second-order valence-corrected chi connectivity index (χ2v) is 8.14.